The van der Waals surface area contributed by atoms with Crippen LogP contribution in [0.15, 0.2) is 0 Å². The SMILES string of the molecule is CCCC(=O)C(C(O)(CC(=O)O)C(C)=O)[N+](C)(C)C. The van der Waals surface area contributed by atoms with Gasteiger partial charge in [0.25, 0.3) is 0 Å². The summed E-state index contributed by atoms with van der Waals surface area (Å²) in [6.07, 6.45) is 0.0176. The molecule has 0 radical (unpaired) electrons. The highest BCUT2D eigenvalue weighted by Crippen LogP contribution is 2.26. The highest BCUT2D eigenvalue weighted by molar-refractivity contribution is 5.97. The predicted molar refractivity (Wildman–Crippen MR) is 69.6 cm³/mol. The second-order valence-corrected chi connectivity index (χ2v) is 5.79. The van der Waals surface area contributed by atoms with Crippen LogP contribution in [0.2, 0.25) is 0 Å². The van der Waals surface area contributed by atoms with E-state index in [2.05, 4.69) is 0 Å². The number of carbonyl (C=O) groups excluding carboxylic acids is 2. The van der Waals surface area contributed by atoms with Crippen LogP contribution < -0.4 is 0 Å². The van der Waals surface area contributed by atoms with E-state index in [1.165, 1.54) is 0 Å². The molecule has 0 fully saturated rings. The number of hydrogen-bond acceptors (Lipinski definition) is 4. The lowest BCUT2D eigenvalue weighted by Gasteiger charge is -2.41. The molecule has 6 nitrogen and oxygen atoms in total. The van der Waals surface area contributed by atoms with Crippen molar-refractivity contribution in [2.75, 3.05) is 21.1 Å². The molecule has 0 spiro atoms. The molecular weight excluding hydrogens is 250 g/mol. The summed E-state index contributed by atoms with van der Waals surface area (Å²) in [5.41, 5.74) is -2.17. The number of carboxylic acids is 1. The molecule has 19 heavy (non-hydrogen) atoms. The lowest BCUT2D eigenvalue weighted by atomic mass is 9.81. The molecule has 2 N–H and O–H groups in total. The average Bonchev–Trinajstić information content (AvgIpc) is 2.13. The molecule has 2 unspecified atom stereocenters. The highest BCUT2D eigenvalue weighted by atomic mass is 16.4. The molecule has 0 saturated heterocycles. The van der Waals surface area contributed by atoms with Crippen LogP contribution in [0, 0.1) is 0 Å². The number of Topliss-reactive ketones (excluding diaryl/α,β-unsaturated/α-hetero) is 2. The van der Waals surface area contributed by atoms with Gasteiger partial charge in [0.05, 0.1) is 27.6 Å². The maximum absolute atomic E-state index is 12.2. The van der Waals surface area contributed by atoms with E-state index in [0.29, 0.717) is 6.42 Å². The Kier molecular flexibility index (Phi) is 5.83. The van der Waals surface area contributed by atoms with Gasteiger partial charge >= 0.3 is 5.97 Å². The Morgan fingerprint density at radius 1 is 1.21 bits per heavy atom. The Balaban J connectivity index is 5.70. The van der Waals surface area contributed by atoms with Crippen molar-refractivity contribution < 1.29 is 29.1 Å². The van der Waals surface area contributed by atoms with Crippen LogP contribution in [0.5, 0.6) is 0 Å². The van der Waals surface area contributed by atoms with Gasteiger partial charge in [0, 0.05) is 6.42 Å². The minimum Gasteiger partial charge on any atom is -0.481 e. The van der Waals surface area contributed by atoms with Crippen molar-refractivity contribution in [2.24, 2.45) is 0 Å². The van der Waals surface area contributed by atoms with Crippen LogP contribution in [0.4, 0.5) is 0 Å². The molecule has 0 amide bonds. The molecule has 0 aliphatic rings. The van der Waals surface area contributed by atoms with Crippen molar-refractivity contribution in [3.8, 4) is 0 Å². The van der Waals surface area contributed by atoms with Gasteiger partial charge in [-0.05, 0) is 13.3 Å². The minimum absolute atomic E-state index is 0.00218. The Morgan fingerprint density at radius 3 is 1.95 bits per heavy atom. The first-order valence-electron chi connectivity index (χ1n) is 6.25. The third-order valence-corrected chi connectivity index (χ3v) is 3.06. The first kappa shape index (κ1) is 17.7. The molecule has 0 saturated carbocycles. The van der Waals surface area contributed by atoms with Gasteiger partial charge in [-0.2, -0.15) is 0 Å². The molecule has 0 bridgehead atoms. The summed E-state index contributed by atoms with van der Waals surface area (Å²) < 4.78 is 0.00218. The van der Waals surface area contributed by atoms with E-state index in [9.17, 15) is 19.5 Å². The standard InChI is InChI=1S/C13H23NO5/c1-6-7-10(16)12(14(3,4)5)13(19,9(2)15)8-11(17)18/h12,19H,6-8H2,1-5H3/p+1. The summed E-state index contributed by atoms with van der Waals surface area (Å²) in [6, 6.07) is -1.08. The smallest absolute Gasteiger partial charge is 0.307 e. The molecule has 0 aromatic heterocycles. The molecule has 0 rings (SSSR count). The van der Waals surface area contributed by atoms with Crippen molar-refractivity contribution in [1.29, 1.82) is 0 Å². The normalized spacial score (nSPS) is 16.5. The summed E-state index contributed by atoms with van der Waals surface area (Å²) in [7, 11) is 4.98. The van der Waals surface area contributed by atoms with Gasteiger partial charge in [-0.1, -0.05) is 6.92 Å². The number of aliphatic hydroxyl groups is 1. The number of carboxylic acid groups (broad SMARTS) is 1. The number of quaternary nitrogens is 1. The van der Waals surface area contributed by atoms with E-state index < -0.39 is 29.8 Å². The first-order chi connectivity index (χ1) is 8.46. The molecule has 110 valence electrons. The van der Waals surface area contributed by atoms with Gasteiger partial charge in [0.15, 0.2) is 23.2 Å². The van der Waals surface area contributed by atoms with E-state index >= 15 is 0 Å². The lowest BCUT2D eigenvalue weighted by molar-refractivity contribution is -0.892. The van der Waals surface area contributed by atoms with Gasteiger partial charge < -0.3 is 14.7 Å². The summed E-state index contributed by atoms with van der Waals surface area (Å²) in [6.45, 7) is 2.93. The summed E-state index contributed by atoms with van der Waals surface area (Å²) in [5, 5.41) is 19.4. The van der Waals surface area contributed by atoms with Crippen LogP contribution in [0.3, 0.4) is 0 Å². The number of aliphatic carboxylic acids is 1. The maximum atomic E-state index is 12.2. The largest absolute Gasteiger partial charge is 0.481 e. The van der Waals surface area contributed by atoms with Gasteiger partial charge in [0.1, 0.15) is 0 Å². The monoisotopic (exact) mass is 274 g/mol. The fraction of sp³-hybridized carbons (Fsp3) is 0.769. The Bertz CT molecular complexity index is 372. The van der Waals surface area contributed by atoms with Gasteiger partial charge in [0.2, 0.25) is 0 Å². The second-order valence-electron chi connectivity index (χ2n) is 5.79. The molecule has 0 aliphatic carbocycles. The van der Waals surface area contributed by atoms with Crippen LogP contribution in [-0.2, 0) is 14.4 Å². The van der Waals surface area contributed by atoms with E-state index in [1.807, 2.05) is 6.92 Å². The van der Waals surface area contributed by atoms with Gasteiger partial charge in [-0.15, -0.1) is 0 Å². The second kappa shape index (κ2) is 6.25. The number of ketones is 2. The number of carbonyl (C=O) groups is 3. The zero-order valence-corrected chi connectivity index (χ0v) is 12.3. The minimum atomic E-state index is -2.17. The van der Waals surface area contributed by atoms with Crippen molar-refractivity contribution >= 4 is 17.5 Å². The van der Waals surface area contributed by atoms with Gasteiger partial charge in [-0.25, -0.2) is 0 Å². The predicted octanol–water partition coefficient (Wildman–Crippen LogP) is 0.225. The van der Waals surface area contributed by atoms with Crippen molar-refractivity contribution in [3.63, 3.8) is 0 Å². The number of rotatable bonds is 8. The van der Waals surface area contributed by atoms with E-state index in [4.69, 9.17) is 5.11 Å². The quantitative estimate of drug-likeness (QED) is 0.618. The molecule has 2 atom stereocenters. The highest BCUT2D eigenvalue weighted by Gasteiger charge is 2.53. The summed E-state index contributed by atoms with van der Waals surface area (Å²) in [5.74, 6) is -2.30. The Hall–Kier alpha value is -1.27. The van der Waals surface area contributed by atoms with Gasteiger partial charge in [-0.3, -0.25) is 14.4 Å². The van der Waals surface area contributed by atoms with E-state index in [0.717, 1.165) is 6.92 Å². The fourth-order valence-electron chi connectivity index (χ4n) is 2.37. The lowest BCUT2D eigenvalue weighted by Crippen LogP contribution is -2.65. The van der Waals surface area contributed by atoms with E-state index in [1.54, 1.807) is 21.1 Å². The number of nitrogens with zero attached hydrogens (tertiary/aromatic N) is 1. The average molecular weight is 274 g/mol. The fourth-order valence-corrected chi connectivity index (χ4v) is 2.37. The van der Waals surface area contributed by atoms with Crippen LogP contribution in [-0.4, -0.2) is 65.0 Å². The zero-order chi connectivity index (χ0) is 15.4. The molecule has 0 aliphatic heterocycles. The molecule has 0 heterocycles. The number of hydrogen-bond donors (Lipinski definition) is 2. The third-order valence-electron chi connectivity index (χ3n) is 3.06. The molecule has 6 heteroatoms. The third kappa shape index (κ3) is 4.40. The summed E-state index contributed by atoms with van der Waals surface area (Å²) in [4.78, 5) is 34.8. The zero-order valence-electron chi connectivity index (χ0n) is 12.3. The van der Waals surface area contributed by atoms with Crippen LogP contribution >= 0.6 is 0 Å². The maximum Gasteiger partial charge on any atom is 0.307 e. The van der Waals surface area contributed by atoms with Crippen LogP contribution in [0.1, 0.15) is 33.1 Å². The van der Waals surface area contributed by atoms with Crippen molar-refractivity contribution in [3.05, 3.63) is 0 Å². The molecule has 0 aromatic carbocycles. The molecule has 0 aromatic rings. The number of likely N-dealkylation sites (N-methyl/N-ethyl adjacent to an activating group) is 1. The Morgan fingerprint density at radius 2 is 1.68 bits per heavy atom. The van der Waals surface area contributed by atoms with Crippen LogP contribution in [0.25, 0.3) is 0 Å². The topological polar surface area (TPSA) is 91.7 Å². The van der Waals surface area contributed by atoms with E-state index in [-0.39, 0.29) is 16.7 Å². The summed E-state index contributed by atoms with van der Waals surface area (Å²) >= 11 is 0. The Labute approximate surface area is 113 Å². The van der Waals surface area contributed by atoms with Crippen molar-refractivity contribution in [2.45, 2.75) is 44.8 Å². The first-order valence-corrected chi connectivity index (χ1v) is 6.25. The molecular formula is C13H24NO5+. The van der Waals surface area contributed by atoms with Crippen molar-refractivity contribution in [1.82, 2.24) is 0 Å².